The van der Waals surface area contributed by atoms with Crippen LogP contribution >= 0.6 is 0 Å². The van der Waals surface area contributed by atoms with Crippen molar-refractivity contribution in [2.45, 2.75) is 17.7 Å². The van der Waals surface area contributed by atoms with Gasteiger partial charge in [-0.1, -0.05) is 0 Å². The van der Waals surface area contributed by atoms with Crippen molar-refractivity contribution in [3.05, 3.63) is 36.0 Å². The summed E-state index contributed by atoms with van der Waals surface area (Å²) in [5, 5.41) is 9.65. The first-order valence-corrected chi connectivity index (χ1v) is 11.2. The number of hydrogen-bond acceptors (Lipinski definition) is 8. The van der Waals surface area contributed by atoms with Crippen LogP contribution in [0.15, 0.2) is 35.4 Å². The van der Waals surface area contributed by atoms with Crippen LogP contribution in [0.1, 0.15) is 23.2 Å². The molecule has 4 N–H and O–H groups in total. The Morgan fingerprint density at radius 1 is 1.16 bits per heavy atom. The van der Waals surface area contributed by atoms with Gasteiger partial charge in [0.15, 0.2) is 11.5 Å². The van der Waals surface area contributed by atoms with Gasteiger partial charge in [-0.25, -0.2) is 18.2 Å². The SMILES string of the molecule is COc1ccc(S(=O)(=O)Nc2cnc(N3CCC(C(N)=O)CC3)c(C(=O)O)c2)cc1OC. The third kappa shape index (κ3) is 4.85. The van der Waals surface area contributed by atoms with E-state index in [0.717, 1.165) is 0 Å². The predicted octanol–water partition coefficient (Wildman–Crippen LogP) is 1.30. The van der Waals surface area contributed by atoms with Gasteiger partial charge in [0, 0.05) is 25.1 Å². The van der Waals surface area contributed by atoms with Gasteiger partial charge >= 0.3 is 5.97 Å². The first-order valence-electron chi connectivity index (χ1n) is 9.68. The van der Waals surface area contributed by atoms with Crippen LogP contribution in [0, 0.1) is 5.92 Å². The molecule has 3 rings (SSSR count). The molecule has 11 nitrogen and oxygen atoms in total. The maximum atomic E-state index is 12.8. The molecule has 0 radical (unpaired) electrons. The number of carbonyl (C=O) groups is 2. The average Bonchev–Trinajstić information content (AvgIpc) is 2.78. The van der Waals surface area contributed by atoms with Crippen LogP contribution in [0.5, 0.6) is 11.5 Å². The van der Waals surface area contributed by atoms with E-state index in [9.17, 15) is 23.1 Å². The average molecular weight is 465 g/mol. The number of primary amides is 1. The summed E-state index contributed by atoms with van der Waals surface area (Å²) in [5.41, 5.74) is 5.18. The Kier molecular flexibility index (Phi) is 6.72. The third-order valence-electron chi connectivity index (χ3n) is 5.21. The maximum Gasteiger partial charge on any atom is 0.339 e. The number of carboxylic acid groups (broad SMARTS) is 1. The quantitative estimate of drug-likeness (QED) is 0.523. The number of hydrogen-bond donors (Lipinski definition) is 3. The number of aromatic carboxylic acids is 1. The predicted molar refractivity (Wildman–Crippen MR) is 116 cm³/mol. The molecule has 2 heterocycles. The molecular weight excluding hydrogens is 440 g/mol. The van der Waals surface area contributed by atoms with Crippen LogP contribution in [0.25, 0.3) is 0 Å². The van der Waals surface area contributed by atoms with Crippen LogP contribution in [-0.2, 0) is 14.8 Å². The summed E-state index contributed by atoms with van der Waals surface area (Å²) in [5.74, 6) is -1.09. The number of nitrogens with two attached hydrogens (primary N) is 1. The number of amides is 1. The summed E-state index contributed by atoms with van der Waals surface area (Å²) >= 11 is 0. The number of nitrogens with zero attached hydrogens (tertiary/aromatic N) is 2. The standard InChI is InChI=1S/C20H24N4O7S/c1-30-16-4-3-14(10-17(16)31-2)32(28,29)23-13-9-15(20(26)27)19(22-11-13)24-7-5-12(6-8-24)18(21)25/h3-4,9-12,23H,5-8H2,1-2H3,(H2,21,25)(H,26,27). The van der Waals surface area contributed by atoms with Crippen LogP contribution in [0.3, 0.4) is 0 Å². The van der Waals surface area contributed by atoms with E-state index < -0.39 is 16.0 Å². The summed E-state index contributed by atoms with van der Waals surface area (Å²) in [7, 11) is -1.23. The van der Waals surface area contributed by atoms with Crippen molar-refractivity contribution in [1.29, 1.82) is 0 Å². The summed E-state index contributed by atoms with van der Waals surface area (Å²) in [4.78, 5) is 29.0. The molecule has 1 aliphatic heterocycles. The van der Waals surface area contributed by atoms with Crippen LogP contribution in [-0.4, -0.2) is 57.7 Å². The van der Waals surface area contributed by atoms with E-state index in [1.165, 1.54) is 44.7 Å². The van der Waals surface area contributed by atoms with Crippen molar-refractivity contribution in [2.24, 2.45) is 11.7 Å². The number of benzene rings is 1. The fraction of sp³-hybridized carbons (Fsp3) is 0.350. The van der Waals surface area contributed by atoms with E-state index in [0.29, 0.717) is 31.7 Å². The second-order valence-corrected chi connectivity index (χ2v) is 8.87. The first-order chi connectivity index (χ1) is 15.2. The maximum absolute atomic E-state index is 12.8. The zero-order chi connectivity index (χ0) is 23.5. The number of pyridine rings is 1. The molecule has 172 valence electrons. The van der Waals surface area contributed by atoms with Gasteiger partial charge in [-0.15, -0.1) is 0 Å². The number of rotatable bonds is 8. The number of aromatic nitrogens is 1. The molecule has 0 unspecified atom stereocenters. The fourth-order valence-corrected chi connectivity index (χ4v) is 4.55. The minimum Gasteiger partial charge on any atom is -0.493 e. The van der Waals surface area contributed by atoms with Crippen LogP contribution in [0.2, 0.25) is 0 Å². The molecular formula is C20H24N4O7S. The zero-order valence-corrected chi connectivity index (χ0v) is 18.4. The number of sulfonamides is 1. The lowest BCUT2D eigenvalue weighted by Crippen LogP contribution is -2.39. The lowest BCUT2D eigenvalue weighted by atomic mass is 9.96. The molecule has 0 bridgehead atoms. The minimum atomic E-state index is -4.05. The summed E-state index contributed by atoms with van der Waals surface area (Å²) < 4.78 is 38.2. The Morgan fingerprint density at radius 3 is 2.38 bits per heavy atom. The number of anilines is 2. The lowest BCUT2D eigenvalue weighted by molar-refractivity contribution is -0.122. The van der Waals surface area contributed by atoms with Crippen LogP contribution < -0.4 is 24.8 Å². The Morgan fingerprint density at radius 2 is 1.81 bits per heavy atom. The summed E-state index contributed by atoms with van der Waals surface area (Å²) in [6.07, 6.45) is 2.23. The fourth-order valence-electron chi connectivity index (χ4n) is 3.50. The highest BCUT2D eigenvalue weighted by atomic mass is 32.2. The zero-order valence-electron chi connectivity index (χ0n) is 17.6. The van der Waals surface area contributed by atoms with E-state index in [4.69, 9.17) is 15.2 Å². The number of carbonyl (C=O) groups excluding carboxylic acids is 1. The summed E-state index contributed by atoms with van der Waals surface area (Å²) in [6, 6.07) is 5.30. The summed E-state index contributed by atoms with van der Waals surface area (Å²) in [6.45, 7) is 0.829. The molecule has 0 saturated carbocycles. The van der Waals surface area contributed by atoms with Gasteiger partial charge in [0.05, 0.1) is 31.0 Å². The van der Waals surface area contributed by atoms with Gasteiger partial charge in [0.25, 0.3) is 10.0 Å². The van der Waals surface area contributed by atoms with E-state index in [1.54, 1.807) is 4.90 Å². The van der Waals surface area contributed by atoms with Crippen molar-refractivity contribution in [1.82, 2.24) is 4.98 Å². The molecule has 32 heavy (non-hydrogen) atoms. The monoisotopic (exact) mass is 464 g/mol. The highest BCUT2D eigenvalue weighted by Gasteiger charge is 2.27. The van der Waals surface area contributed by atoms with Crippen molar-refractivity contribution < 1.29 is 32.6 Å². The Hall–Kier alpha value is -3.54. The van der Waals surface area contributed by atoms with Gasteiger partial charge in [0.2, 0.25) is 5.91 Å². The van der Waals surface area contributed by atoms with E-state index in [2.05, 4.69) is 9.71 Å². The van der Waals surface area contributed by atoms with Crippen molar-refractivity contribution in [3.8, 4) is 11.5 Å². The third-order valence-corrected chi connectivity index (χ3v) is 6.59. The van der Waals surface area contributed by atoms with Crippen molar-refractivity contribution in [2.75, 3.05) is 36.9 Å². The number of carboxylic acids is 1. The van der Waals surface area contributed by atoms with Crippen LogP contribution in [0.4, 0.5) is 11.5 Å². The Balaban J connectivity index is 1.86. The molecule has 1 aromatic carbocycles. The molecule has 12 heteroatoms. The topological polar surface area (TPSA) is 161 Å². The normalized spacial score (nSPS) is 14.6. The largest absolute Gasteiger partial charge is 0.493 e. The van der Waals surface area contributed by atoms with Gasteiger partial charge in [-0.05, 0) is 31.0 Å². The van der Waals surface area contributed by atoms with E-state index in [1.807, 2.05) is 0 Å². The molecule has 0 spiro atoms. The first kappa shape index (κ1) is 23.1. The minimum absolute atomic E-state index is 0.00652. The molecule has 1 amide bonds. The highest BCUT2D eigenvalue weighted by Crippen LogP contribution is 2.31. The van der Waals surface area contributed by atoms with E-state index in [-0.39, 0.29) is 39.5 Å². The molecule has 1 aliphatic rings. The number of ether oxygens (including phenoxy) is 2. The highest BCUT2D eigenvalue weighted by molar-refractivity contribution is 7.92. The second kappa shape index (κ2) is 9.30. The second-order valence-electron chi connectivity index (χ2n) is 7.19. The molecule has 0 aliphatic carbocycles. The molecule has 0 atom stereocenters. The molecule has 1 fully saturated rings. The number of methoxy groups -OCH3 is 2. The Bertz CT molecular complexity index is 1130. The Labute approximate surface area is 185 Å². The number of nitrogens with one attached hydrogen (secondary N) is 1. The lowest BCUT2D eigenvalue weighted by Gasteiger charge is -2.32. The smallest absolute Gasteiger partial charge is 0.339 e. The number of piperidine rings is 1. The molecule has 1 aromatic heterocycles. The van der Waals surface area contributed by atoms with Gasteiger partial charge in [-0.2, -0.15) is 0 Å². The molecule has 1 saturated heterocycles. The van der Waals surface area contributed by atoms with Crippen molar-refractivity contribution in [3.63, 3.8) is 0 Å². The van der Waals surface area contributed by atoms with Crippen molar-refractivity contribution >= 4 is 33.4 Å². The molecule has 2 aromatic rings. The van der Waals surface area contributed by atoms with E-state index >= 15 is 0 Å². The van der Waals surface area contributed by atoms with Gasteiger partial charge in [-0.3, -0.25) is 9.52 Å². The van der Waals surface area contributed by atoms with Gasteiger partial charge in [0.1, 0.15) is 11.4 Å². The van der Waals surface area contributed by atoms with Gasteiger partial charge < -0.3 is 25.2 Å².